The van der Waals surface area contributed by atoms with E-state index in [0.717, 1.165) is 11.8 Å². The topological polar surface area (TPSA) is 0 Å². The van der Waals surface area contributed by atoms with E-state index >= 15 is 0 Å². The SMILES string of the molecule is C.CCCCCCCCCC(CCCCCCCC)C(CCCCCCCC)CCCCCCCCC. The van der Waals surface area contributed by atoms with Gasteiger partial charge >= 0.3 is 0 Å². The van der Waals surface area contributed by atoms with Gasteiger partial charge < -0.3 is 0 Å². The second-order valence-electron chi connectivity index (χ2n) is 12.5. The molecule has 0 spiro atoms. The highest BCUT2D eigenvalue weighted by Crippen LogP contribution is 2.33. The first-order valence-electron chi connectivity index (χ1n) is 17.8. The van der Waals surface area contributed by atoms with Crippen molar-refractivity contribution in [2.75, 3.05) is 0 Å². The van der Waals surface area contributed by atoms with Gasteiger partial charge in [-0.05, 0) is 11.8 Å². The Kier molecular flexibility index (Phi) is 36.0. The maximum atomic E-state index is 2.34. The third-order valence-corrected chi connectivity index (χ3v) is 8.88. The fraction of sp³-hybridized carbons (Fsp3) is 1.00. The third-order valence-electron chi connectivity index (χ3n) is 8.88. The van der Waals surface area contributed by atoms with Crippen LogP contribution in [0.4, 0.5) is 0 Å². The highest BCUT2D eigenvalue weighted by molar-refractivity contribution is 4.72. The van der Waals surface area contributed by atoms with E-state index in [1.807, 2.05) is 0 Å². The van der Waals surface area contributed by atoms with Crippen LogP contribution in [0.2, 0.25) is 0 Å². The maximum Gasteiger partial charge on any atom is -0.0386 e. The second kappa shape index (κ2) is 34.0. The molecule has 0 amide bonds. The first-order chi connectivity index (χ1) is 17.8. The summed E-state index contributed by atoms with van der Waals surface area (Å²) in [6, 6.07) is 0. The molecule has 0 heteroatoms. The van der Waals surface area contributed by atoms with E-state index in [1.165, 1.54) is 167 Å². The zero-order valence-corrected chi connectivity index (χ0v) is 26.4. The number of hydrogen-bond acceptors (Lipinski definition) is 0. The highest BCUT2D eigenvalue weighted by Gasteiger charge is 2.20. The summed E-state index contributed by atoms with van der Waals surface area (Å²) in [5, 5.41) is 0. The Labute approximate surface area is 239 Å². The van der Waals surface area contributed by atoms with Gasteiger partial charge in [0.2, 0.25) is 0 Å². The quantitative estimate of drug-likeness (QED) is 0.0794. The molecule has 2 unspecified atom stereocenters. The van der Waals surface area contributed by atoms with Crippen molar-refractivity contribution in [2.24, 2.45) is 11.8 Å². The van der Waals surface area contributed by atoms with Crippen LogP contribution in [0.15, 0.2) is 0 Å². The van der Waals surface area contributed by atoms with E-state index in [9.17, 15) is 0 Å². The van der Waals surface area contributed by atoms with E-state index in [1.54, 1.807) is 25.7 Å². The lowest BCUT2D eigenvalue weighted by molar-refractivity contribution is 0.236. The Balaban J connectivity index is 0. The molecule has 0 aromatic carbocycles. The molecule has 226 valence electrons. The van der Waals surface area contributed by atoms with Crippen LogP contribution in [-0.2, 0) is 0 Å². The first kappa shape index (κ1) is 39.1. The first-order valence-corrected chi connectivity index (χ1v) is 17.8. The molecule has 0 saturated carbocycles. The molecular weight excluding hydrogens is 444 g/mol. The van der Waals surface area contributed by atoms with Gasteiger partial charge in [-0.15, -0.1) is 0 Å². The third kappa shape index (κ3) is 28.8. The zero-order chi connectivity index (χ0) is 26.4. The van der Waals surface area contributed by atoms with E-state index in [4.69, 9.17) is 0 Å². The molecule has 0 radical (unpaired) electrons. The van der Waals surface area contributed by atoms with Crippen molar-refractivity contribution in [3.05, 3.63) is 0 Å². The molecule has 0 N–H and O–H groups in total. The molecule has 0 aromatic rings. The lowest BCUT2D eigenvalue weighted by Gasteiger charge is -2.28. The Morgan fingerprint density at radius 3 is 0.595 bits per heavy atom. The maximum absolute atomic E-state index is 2.34. The molecule has 0 aliphatic carbocycles. The van der Waals surface area contributed by atoms with Gasteiger partial charge in [0.1, 0.15) is 0 Å². The Bertz CT molecular complexity index is 336. The largest absolute Gasteiger partial charge is 0.0776 e. The summed E-state index contributed by atoms with van der Waals surface area (Å²) in [6.07, 6.45) is 44.3. The van der Waals surface area contributed by atoms with Crippen LogP contribution >= 0.6 is 0 Å². The van der Waals surface area contributed by atoms with Crippen LogP contribution in [-0.4, -0.2) is 0 Å². The molecular formula is C37H78. The molecule has 0 bridgehead atoms. The number of rotatable bonds is 31. The van der Waals surface area contributed by atoms with Crippen molar-refractivity contribution in [3.63, 3.8) is 0 Å². The highest BCUT2D eigenvalue weighted by atomic mass is 14.3. The molecule has 0 aliphatic heterocycles. The van der Waals surface area contributed by atoms with Crippen LogP contribution < -0.4 is 0 Å². The van der Waals surface area contributed by atoms with Crippen molar-refractivity contribution in [3.8, 4) is 0 Å². The van der Waals surface area contributed by atoms with Gasteiger partial charge in [-0.2, -0.15) is 0 Å². The molecule has 0 nitrogen and oxygen atoms in total. The smallest absolute Gasteiger partial charge is 0.0386 e. The van der Waals surface area contributed by atoms with E-state index in [-0.39, 0.29) is 7.43 Å². The minimum atomic E-state index is 0. The van der Waals surface area contributed by atoms with Gasteiger partial charge in [0.25, 0.3) is 0 Å². The summed E-state index contributed by atoms with van der Waals surface area (Å²) in [4.78, 5) is 0. The fourth-order valence-corrected chi connectivity index (χ4v) is 6.33. The molecule has 0 saturated heterocycles. The second-order valence-corrected chi connectivity index (χ2v) is 12.5. The standard InChI is InChI=1S/C36H74.CH4/c1-5-9-13-17-21-25-29-33-35(31-27-23-19-15-11-7-3)36(32-28-24-20-16-12-8-4)34-30-26-22-18-14-10-6-2;/h35-36H,5-34H2,1-4H3;1H4. The summed E-state index contributed by atoms with van der Waals surface area (Å²) < 4.78 is 0. The summed E-state index contributed by atoms with van der Waals surface area (Å²) in [6.45, 7) is 9.36. The minimum Gasteiger partial charge on any atom is -0.0776 e. The van der Waals surface area contributed by atoms with Gasteiger partial charge in [0.05, 0.1) is 0 Å². The minimum absolute atomic E-state index is 0. The lowest BCUT2D eigenvalue weighted by Crippen LogP contribution is -2.16. The number of unbranched alkanes of at least 4 members (excludes halogenated alkanes) is 22. The molecule has 0 heterocycles. The van der Waals surface area contributed by atoms with Crippen LogP contribution in [0.5, 0.6) is 0 Å². The lowest BCUT2D eigenvalue weighted by atomic mass is 9.78. The summed E-state index contributed by atoms with van der Waals surface area (Å²) >= 11 is 0. The zero-order valence-electron chi connectivity index (χ0n) is 26.4. The predicted molar refractivity (Wildman–Crippen MR) is 175 cm³/mol. The van der Waals surface area contributed by atoms with Crippen molar-refractivity contribution in [1.29, 1.82) is 0 Å². The average Bonchev–Trinajstić information content (AvgIpc) is 2.89. The Hall–Kier alpha value is 0. The van der Waals surface area contributed by atoms with Crippen LogP contribution in [0.25, 0.3) is 0 Å². The summed E-state index contributed by atoms with van der Waals surface area (Å²) in [5.74, 6) is 2.06. The molecule has 37 heavy (non-hydrogen) atoms. The van der Waals surface area contributed by atoms with Crippen molar-refractivity contribution in [1.82, 2.24) is 0 Å². The van der Waals surface area contributed by atoms with Gasteiger partial charge in [-0.3, -0.25) is 0 Å². The molecule has 0 rings (SSSR count). The number of hydrogen-bond donors (Lipinski definition) is 0. The van der Waals surface area contributed by atoms with Crippen LogP contribution in [0.3, 0.4) is 0 Å². The van der Waals surface area contributed by atoms with Crippen molar-refractivity contribution >= 4 is 0 Å². The summed E-state index contributed by atoms with van der Waals surface area (Å²) in [5.41, 5.74) is 0. The normalized spacial score (nSPS) is 13.0. The average molecular weight is 523 g/mol. The Morgan fingerprint density at radius 1 is 0.243 bits per heavy atom. The monoisotopic (exact) mass is 523 g/mol. The van der Waals surface area contributed by atoms with Gasteiger partial charge in [-0.1, -0.05) is 228 Å². The predicted octanol–water partition coefficient (Wildman–Crippen LogP) is 14.6. The molecule has 0 aliphatic rings. The Morgan fingerprint density at radius 2 is 0.405 bits per heavy atom. The molecule has 2 atom stereocenters. The van der Waals surface area contributed by atoms with Crippen molar-refractivity contribution in [2.45, 2.75) is 228 Å². The van der Waals surface area contributed by atoms with Crippen molar-refractivity contribution < 1.29 is 0 Å². The van der Waals surface area contributed by atoms with Gasteiger partial charge in [0.15, 0.2) is 0 Å². The van der Waals surface area contributed by atoms with Gasteiger partial charge in [0, 0.05) is 0 Å². The van der Waals surface area contributed by atoms with Crippen LogP contribution in [0.1, 0.15) is 228 Å². The molecule has 0 fully saturated rings. The fourth-order valence-electron chi connectivity index (χ4n) is 6.33. The van der Waals surface area contributed by atoms with E-state index in [0.29, 0.717) is 0 Å². The van der Waals surface area contributed by atoms with E-state index in [2.05, 4.69) is 27.7 Å². The molecule has 0 aromatic heterocycles. The summed E-state index contributed by atoms with van der Waals surface area (Å²) in [7, 11) is 0. The van der Waals surface area contributed by atoms with Crippen LogP contribution in [0, 0.1) is 11.8 Å². The van der Waals surface area contributed by atoms with Gasteiger partial charge in [-0.25, -0.2) is 0 Å². The van der Waals surface area contributed by atoms with E-state index < -0.39 is 0 Å².